The van der Waals surface area contributed by atoms with E-state index in [2.05, 4.69) is 34.6 Å². The maximum atomic E-state index is 4.32. The van der Waals surface area contributed by atoms with Crippen LogP contribution in [-0.2, 0) is 0 Å². The number of pyridine rings is 1. The number of hydrogen-bond donors (Lipinski definition) is 1. The van der Waals surface area contributed by atoms with Crippen LogP contribution >= 0.6 is 0 Å². The van der Waals surface area contributed by atoms with Gasteiger partial charge in [-0.25, -0.2) is 0 Å². The molecule has 3 rings (SSSR count). The normalized spacial score (nSPS) is 14.2. The quantitative estimate of drug-likeness (QED) is 0.798. The van der Waals surface area contributed by atoms with Gasteiger partial charge in [-0.05, 0) is 35.9 Å². The van der Waals surface area contributed by atoms with Gasteiger partial charge in [-0.1, -0.05) is 24.3 Å². The summed E-state index contributed by atoms with van der Waals surface area (Å²) in [7, 11) is 0. The van der Waals surface area contributed by atoms with Crippen LogP contribution in [-0.4, -0.2) is 4.98 Å². The first-order chi connectivity index (χ1) is 8.43. The van der Waals surface area contributed by atoms with Crippen molar-refractivity contribution in [3.63, 3.8) is 0 Å². The standard InChI is InChI=1S/C15H12N2/c1-2-6-14(16-9-3-1)13-7-8-15-12(11-13)5-4-10-17-15/h1-11,16H. The van der Waals surface area contributed by atoms with E-state index in [1.165, 1.54) is 5.56 Å². The summed E-state index contributed by atoms with van der Waals surface area (Å²) in [5.74, 6) is 0. The second kappa shape index (κ2) is 4.26. The number of allylic oxidation sites excluding steroid dienone is 4. The number of hydrogen-bond acceptors (Lipinski definition) is 2. The molecule has 1 aromatic heterocycles. The number of rotatable bonds is 1. The minimum Gasteiger partial charge on any atom is -0.361 e. The van der Waals surface area contributed by atoms with Gasteiger partial charge in [-0.2, -0.15) is 0 Å². The highest BCUT2D eigenvalue weighted by Crippen LogP contribution is 2.19. The van der Waals surface area contributed by atoms with Crippen molar-refractivity contribution in [2.75, 3.05) is 0 Å². The Morgan fingerprint density at radius 2 is 2.00 bits per heavy atom. The van der Waals surface area contributed by atoms with E-state index in [4.69, 9.17) is 0 Å². The van der Waals surface area contributed by atoms with Crippen LogP contribution in [0.15, 0.2) is 67.0 Å². The fraction of sp³-hybridized carbons (Fsp3) is 0. The van der Waals surface area contributed by atoms with Crippen LogP contribution in [0.1, 0.15) is 5.56 Å². The molecule has 0 unspecified atom stereocenters. The lowest BCUT2D eigenvalue weighted by Gasteiger charge is -2.07. The van der Waals surface area contributed by atoms with Gasteiger partial charge in [0, 0.05) is 23.5 Å². The maximum Gasteiger partial charge on any atom is 0.0702 e. The van der Waals surface area contributed by atoms with Crippen molar-refractivity contribution < 1.29 is 0 Å². The predicted molar refractivity (Wildman–Crippen MR) is 71.1 cm³/mol. The summed E-state index contributed by atoms with van der Waals surface area (Å²) in [4.78, 5) is 4.32. The van der Waals surface area contributed by atoms with Crippen molar-refractivity contribution in [3.8, 4) is 0 Å². The number of nitrogens with zero attached hydrogens (tertiary/aromatic N) is 1. The zero-order valence-electron chi connectivity index (χ0n) is 9.30. The van der Waals surface area contributed by atoms with Gasteiger partial charge in [-0.3, -0.25) is 4.98 Å². The second-order valence-corrected chi connectivity index (χ2v) is 3.88. The molecule has 0 saturated carbocycles. The Labute approximate surface area is 100.0 Å². The van der Waals surface area contributed by atoms with Gasteiger partial charge in [0.1, 0.15) is 0 Å². The van der Waals surface area contributed by atoms with Crippen LogP contribution in [0.5, 0.6) is 0 Å². The molecule has 1 aliphatic rings. The molecule has 0 radical (unpaired) electrons. The zero-order chi connectivity index (χ0) is 11.5. The van der Waals surface area contributed by atoms with Crippen LogP contribution < -0.4 is 5.32 Å². The van der Waals surface area contributed by atoms with E-state index in [0.717, 1.165) is 16.6 Å². The Kier molecular flexibility index (Phi) is 2.47. The van der Waals surface area contributed by atoms with E-state index in [1.807, 2.05) is 42.8 Å². The van der Waals surface area contributed by atoms with Crippen LogP contribution in [0.3, 0.4) is 0 Å². The summed E-state index contributed by atoms with van der Waals surface area (Å²) < 4.78 is 0. The van der Waals surface area contributed by atoms with Crippen molar-refractivity contribution in [1.82, 2.24) is 10.3 Å². The fourth-order valence-corrected chi connectivity index (χ4v) is 1.88. The van der Waals surface area contributed by atoms with Gasteiger partial charge in [0.05, 0.1) is 5.52 Å². The fourth-order valence-electron chi connectivity index (χ4n) is 1.88. The lowest BCUT2D eigenvalue weighted by molar-refractivity contribution is 1.22. The smallest absolute Gasteiger partial charge is 0.0702 e. The van der Waals surface area contributed by atoms with Crippen LogP contribution in [0.4, 0.5) is 0 Å². The largest absolute Gasteiger partial charge is 0.361 e. The van der Waals surface area contributed by atoms with E-state index in [0.29, 0.717) is 0 Å². The Morgan fingerprint density at radius 3 is 3.00 bits per heavy atom. The first-order valence-electron chi connectivity index (χ1n) is 5.59. The topological polar surface area (TPSA) is 24.9 Å². The Hall–Kier alpha value is -2.35. The monoisotopic (exact) mass is 220 g/mol. The third-order valence-electron chi connectivity index (χ3n) is 2.73. The van der Waals surface area contributed by atoms with E-state index >= 15 is 0 Å². The number of benzene rings is 1. The van der Waals surface area contributed by atoms with E-state index < -0.39 is 0 Å². The number of nitrogens with one attached hydrogen (secondary N) is 1. The maximum absolute atomic E-state index is 4.32. The molecular formula is C15H12N2. The molecule has 1 aromatic carbocycles. The van der Waals surface area contributed by atoms with Crippen molar-refractivity contribution >= 4 is 16.6 Å². The summed E-state index contributed by atoms with van der Waals surface area (Å²) >= 11 is 0. The molecule has 0 spiro atoms. The highest BCUT2D eigenvalue weighted by atomic mass is 14.8. The lowest BCUT2D eigenvalue weighted by Crippen LogP contribution is -2.02. The molecule has 2 heteroatoms. The molecule has 2 aromatic rings. The van der Waals surface area contributed by atoms with Crippen LogP contribution in [0.2, 0.25) is 0 Å². The highest BCUT2D eigenvalue weighted by molar-refractivity contribution is 5.83. The highest BCUT2D eigenvalue weighted by Gasteiger charge is 2.01. The van der Waals surface area contributed by atoms with Gasteiger partial charge in [0.2, 0.25) is 0 Å². The lowest BCUT2D eigenvalue weighted by atomic mass is 10.1. The van der Waals surface area contributed by atoms with Crippen LogP contribution in [0, 0.1) is 0 Å². The minimum atomic E-state index is 1.02. The van der Waals surface area contributed by atoms with Crippen molar-refractivity contribution in [3.05, 3.63) is 72.6 Å². The molecule has 0 bridgehead atoms. The third kappa shape index (κ3) is 1.97. The molecule has 0 amide bonds. The van der Waals surface area contributed by atoms with Gasteiger partial charge in [0.25, 0.3) is 0 Å². The summed E-state index contributed by atoms with van der Waals surface area (Å²) in [6.45, 7) is 0. The Bertz CT molecular complexity index is 636. The van der Waals surface area contributed by atoms with E-state index in [-0.39, 0.29) is 0 Å². The molecule has 0 fully saturated rings. The average Bonchev–Trinajstić information content (AvgIpc) is 2.67. The van der Waals surface area contributed by atoms with E-state index in [9.17, 15) is 0 Å². The van der Waals surface area contributed by atoms with Crippen molar-refractivity contribution in [2.45, 2.75) is 0 Å². The first kappa shape index (κ1) is 9.85. The Balaban J connectivity index is 2.09. The third-order valence-corrected chi connectivity index (χ3v) is 2.73. The number of fused-ring (bicyclic) bond motifs is 1. The summed E-state index contributed by atoms with van der Waals surface area (Å²) in [6.07, 6.45) is 11.8. The zero-order valence-corrected chi connectivity index (χ0v) is 9.30. The summed E-state index contributed by atoms with van der Waals surface area (Å²) in [6, 6.07) is 10.3. The molecule has 1 N–H and O–H groups in total. The average molecular weight is 220 g/mol. The molecule has 0 aliphatic carbocycles. The van der Waals surface area contributed by atoms with Crippen LogP contribution in [0.25, 0.3) is 16.6 Å². The van der Waals surface area contributed by atoms with Gasteiger partial charge in [0.15, 0.2) is 0 Å². The minimum absolute atomic E-state index is 1.02. The van der Waals surface area contributed by atoms with Crippen molar-refractivity contribution in [2.24, 2.45) is 0 Å². The summed E-state index contributed by atoms with van der Waals surface area (Å²) in [5.41, 5.74) is 3.29. The predicted octanol–water partition coefficient (Wildman–Crippen LogP) is 3.25. The number of aromatic nitrogens is 1. The molecule has 1 aliphatic heterocycles. The molecular weight excluding hydrogens is 208 g/mol. The second-order valence-electron chi connectivity index (χ2n) is 3.88. The molecule has 0 atom stereocenters. The first-order valence-corrected chi connectivity index (χ1v) is 5.59. The van der Waals surface area contributed by atoms with Gasteiger partial charge in [-0.15, -0.1) is 0 Å². The van der Waals surface area contributed by atoms with Gasteiger partial charge < -0.3 is 5.32 Å². The molecule has 82 valence electrons. The molecule has 2 nitrogen and oxygen atoms in total. The summed E-state index contributed by atoms with van der Waals surface area (Å²) in [5, 5.41) is 4.42. The SMILES string of the molecule is C1=CC=C(c2ccc3ncccc3c2)NC=C1. The van der Waals surface area contributed by atoms with Crippen molar-refractivity contribution in [1.29, 1.82) is 0 Å². The molecule has 17 heavy (non-hydrogen) atoms. The molecule has 0 saturated heterocycles. The van der Waals surface area contributed by atoms with E-state index in [1.54, 1.807) is 0 Å². The van der Waals surface area contributed by atoms with Gasteiger partial charge >= 0.3 is 0 Å². The molecule has 2 heterocycles. The Morgan fingerprint density at radius 1 is 1.00 bits per heavy atom.